The van der Waals surface area contributed by atoms with Gasteiger partial charge in [0.2, 0.25) is 0 Å². The first-order valence-corrected chi connectivity index (χ1v) is 3.88. The van der Waals surface area contributed by atoms with Crippen molar-refractivity contribution in [2.75, 3.05) is 20.2 Å². The van der Waals surface area contributed by atoms with Crippen molar-refractivity contribution in [1.82, 2.24) is 10.2 Å². The van der Waals surface area contributed by atoms with E-state index in [1.807, 2.05) is 0 Å². The van der Waals surface area contributed by atoms with Gasteiger partial charge in [0.25, 0.3) is 0 Å². The molecule has 6 heteroatoms. The van der Waals surface area contributed by atoms with Gasteiger partial charge < -0.3 is 20.4 Å². The Balaban J connectivity index is 4.09. The number of rotatable bonds is 4. The molecule has 76 valence electrons. The summed E-state index contributed by atoms with van der Waals surface area (Å²) >= 11 is 0. The molecule has 3 N–H and O–H groups in total. The average Bonchev–Trinajstić information content (AvgIpc) is 2.11. The molecule has 0 aliphatic heterocycles. The molecule has 0 aromatic carbocycles. The standard InChI is InChI=1S/C7H14N2O4/c1-3-9(2)7(13)8-5(4-10)6(11)12/h5,10H,3-4H2,1-2H3,(H,8,13)(H,11,12). The summed E-state index contributed by atoms with van der Waals surface area (Å²) in [6.07, 6.45) is 0. The Kier molecular flexibility index (Phi) is 4.83. The van der Waals surface area contributed by atoms with Crippen LogP contribution in [0.4, 0.5) is 4.79 Å². The summed E-state index contributed by atoms with van der Waals surface area (Å²) in [5.74, 6) is -1.25. The highest BCUT2D eigenvalue weighted by Crippen LogP contribution is 1.87. The van der Waals surface area contributed by atoms with Crippen molar-refractivity contribution in [2.24, 2.45) is 0 Å². The number of carbonyl (C=O) groups excluding carboxylic acids is 1. The number of aliphatic hydroxyl groups excluding tert-OH is 1. The first-order valence-electron chi connectivity index (χ1n) is 3.88. The van der Waals surface area contributed by atoms with Crippen LogP contribution in [-0.4, -0.2) is 53.4 Å². The maximum Gasteiger partial charge on any atom is 0.328 e. The van der Waals surface area contributed by atoms with Crippen LogP contribution in [0.3, 0.4) is 0 Å². The number of urea groups is 1. The Morgan fingerprint density at radius 3 is 2.38 bits per heavy atom. The maximum absolute atomic E-state index is 11.1. The molecule has 1 atom stereocenters. The zero-order chi connectivity index (χ0) is 10.4. The minimum absolute atomic E-state index is 0.476. The van der Waals surface area contributed by atoms with Crippen molar-refractivity contribution in [3.05, 3.63) is 0 Å². The van der Waals surface area contributed by atoms with Crippen molar-refractivity contribution in [1.29, 1.82) is 0 Å². The molecule has 6 nitrogen and oxygen atoms in total. The molecule has 1 unspecified atom stereocenters. The second-order valence-corrected chi connectivity index (χ2v) is 2.54. The summed E-state index contributed by atoms with van der Waals surface area (Å²) in [4.78, 5) is 22.8. The lowest BCUT2D eigenvalue weighted by atomic mass is 10.3. The van der Waals surface area contributed by atoms with Crippen LogP contribution in [0.5, 0.6) is 0 Å². The second kappa shape index (κ2) is 5.36. The molecule has 0 fully saturated rings. The summed E-state index contributed by atoms with van der Waals surface area (Å²) in [6.45, 7) is 1.62. The second-order valence-electron chi connectivity index (χ2n) is 2.54. The maximum atomic E-state index is 11.1. The highest BCUT2D eigenvalue weighted by atomic mass is 16.4. The van der Waals surface area contributed by atoms with E-state index in [1.165, 1.54) is 11.9 Å². The quantitative estimate of drug-likeness (QED) is 0.535. The third-order valence-electron chi connectivity index (χ3n) is 1.60. The molecule has 0 aromatic rings. The number of carboxylic acids is 1. The largest absolute Gasteiger partial charge is 0.480 e. The van der Waals surface area contributed by atoms with Crippen LogP contribution in [0, 0.1) is 0 Å². The lowest BCUT2D eigenvalue weighted by molar-refractivity contribution is -0.140. The predicted molar refractivity (Wildman–Crippen MR) is 45.3 cm³/mol. The minimum atomic E-state index is -1.25. The zero-order valence-electron chi connectivity index (χ0n) is 7.65. The predicted octanol–water partition coefficient (Wildman–Crippen LogP) is -0.907. The van der Waals surface area contributed by atoms with Crippen molar-refractivity contribution in [3.63, 3.8) is 0 Å². The van der Waals surface area contributed by atoms with Crippen LogP contribution < -0.4 is 5.32 Å². The fraction of sp³-hybridized carbons (Fsp3) is 0.714. The Labute approximate surface area is 76.2 Å². The van der Waals surface area contributed by atoms with Crippen LogP contribution >= 0.6 is 0 Å². The van der Waals surface area contributed by atoms with E-state index in [-0.39, 0.29) is 0 Å². The molecule has 0 aliphatic rings. The number of hydrogen-bond donors (Lipinski definition) is 3. The van der Waals surface area contributed by atoms with Gasteiger partial charge in [0, 0.05) is 13.6 Å². The molecule has 0 spiro atoms. The first kappa shape index (κ1) is 11.7. The molecule has 0 radical (unpaired) electrons. The lowest BCUT2D eigenvalue weighted by Crippen LogP contribution is -2.48. The van der Waals surface area contributed by atoms with Gasteiger partial charge in [-0.25, -0.2) is 9.59 Å². The number of amides is 2. The zero-order valence-corrected chi connectivity index (χ0v) is 7.65. The van der Waals surface area contributed by atoms with Crippen LogP contribution in [0.2, 0.25) is 0 Å². The fourth-order valence-electron chi connectivity index (χ4n) is 0.588. The highest BCUT2D eigenvalue weighted by molar-refractivity contribution is 5.82. The topological polar surface area (TPSA) is 89.9 Å². The number of carboxylic acid groups (broad SMARTS) is 1. The van der Waals surface area contributed by atoms with E-state index >= 15 is 0 Å². The number of nitrogens with one attached hydrogen (secondary N) is 1. The normalized spacial score (nSPS) is 11.9. The van der Waals surface area contributed by atoms with E-state index in [0.29, 0.717) is 6.54 Å². The third kappa shape index (κ3) is 3.75. The Morgan fingerprint density at radius 1 is 1.54 bits per heavy atom. The van der Waals surface area contributed by atoms with Crippen molar-refractivity contribution >= 4 is 12.0 Å². The summed E-state index contributed by atoms with van der Waals surface area (Å²) in [5, 5.41) is 19.2. The number of aliphatic carboxylic acids is 1. The number of hydrogen-bond acceptors (Lipinski definition) is 3. The lowest BCUT2D eigenvalue weighted by Gasteiger charge is -2.18. The SMILES string of the molecule is CCN(C)C(=O)NC(CO)C(=O)O. The van der Waals surface area contributed by atoms with Gasteiger partial charge in [-0.3, -0.25) is 0 Å². The third-order valence-corrected chi connectivity index (χ3v) is 1.60. The van der Waals surface area contributed by atoms with Crippen LogP contribution in [0.15, 0.2) is 0 Å². The molecule has 0 saturated heterocycles. The number of nitrogens with zero attached hydrogens (tertiary/aromatic N) is 1. The number of aliphatic hydroxyl groups is 1. The van der Waals surface area contributed by atoms with Gasteiger partial charge in [-0.05, 0) is 6.92 Å². The molecular weight excluding hydrogens is 176 g/mol. The molecule has 13 heavy (non-hydrogen) atoms. The van der Waals surface area contributed by atoms with Crippen molar-refractivity contribution in [3.8, 4) is 0 Å². The average molecular weight is 190 g/mol. The molecule has 0 heterocycles. The van der Waals surface area contributed by atoms with Crippen molar-refractivity contribution in [2.45, 2.75) is 13.0 Å². The molecule has 0 aromatic heterocycles. The van der Waals surface area contributed by atoms with E-state index in [9.17, 15) is 9.59 Å². The highest BCUT2D eigenvalue weighted by Gasteiger charge is 2.19. The van der Waals surface area contributed by atoms with Gasteiger partial charge in [-0.2, -0.15) is 0 Å². The molecule has 0 rings (SSSR count). The summed E-state index contributed by atoms with van der Waals surface area (Å²) in [5.41, 5.74) is 0. The van der Waals surface area contributed by atoms with Crippen LogP contribution in [-0.2, 0) is 4.79 Å². The van der Waals surface area contributed by atoms with Gasteiger partial charge >= 0.3 is 12.0 Å². The Bertz CT molecular complexity index is 195. The summed E-state index contributed by atoms with van der Waals surface area (Å²) in [6, 6.07) is -1.74. The molecule has 2 amide bonds. The van der Waals surface area contributed by atoms with Crippen LogP contribution in [0.25, 0.3) is 0 Å². The monoisotopic (exact) mass is 190 g/mol. The van der Waals surface area contributed by atoms with E-state index in [2.05, 4.69) is 5.32 Å². The number of carbonyl (C=O) groups is 2. The van der Waals surface area contributed by atoms with Gasteiger partial charge in [0.15, 0.2) is 6.04 Å². The smallest absolute Gasteiger partial charge is 0.328 e. The molecule has 0 aliphatic carbocycles. The van der Waals surface area contributed by atoms with Gasteiger partial charge in [0.05, 0.1) is 6.61 Å². The Morgan fingerprint density at radius 2 is 2.08 bits per heavy atom. The summed E-state index contributed by atoms with van der Waals surface area (Å²) < 4.78 is 0. The van der Waals surface area contributed by atoms with E-state index in [0.717, 1.165) is 0 Å². The molecule has 0 bridgehead atoms. The molecular formula is C7H14N2O4. The van der Waals surface area contributed by atoms with Crippen molar-refractivity contribution < 1.29 is 19.8 Å². The van der Waals surface area contributed by atoms with Gasteiger partial charge in [-0.1, -0.05) is 0 Å². The Hall–Kier alpha value is -1.30. The van der Waals surface area contributed by atoms with Crippen LogP contribution in [0.1, 0.15) is 6.92 Å². The fourth-order valence-corrected chi connectivity index (χ4v) is 0.588. The van der Waals surface area contributed by atoms with Gasteiger partial charge in [-0.15, -0.1) is 0 Å². The van der Waals surface area contributed by atoms with E-state index < -0.39 is 24.6 Å². The first-order chi connectivity index (χ1) is 6.02. The molecule has 0 saturated carbocycles. The minimum Gasteiger partial charge on any atom is -0.480 e. The van der Waals surface area contributed by atoms with E-state index in [4.69, 9.17) is 10.2 Å². The summed E-state index contributed by atoms with van der Waals surface area (Å²) in [7, 11) is 1.53. The van der Waals surface area contributed by atoms with Gasteiger partial charge in [0.1, 0.15) is 0 Å². The van der Waals surface area contributed by atoms with E-state index in [1.54, 1.807) is 6.92 Å².